The Morgan fingerprint density at radius 1 is 1.16 bits per heavy atom. The van der Waals surface area contributed by atoms with Crippen LogP contribution in [-0.4, -0.2) is 11.7 Å². The van der Waals surface area contributed by atoms with Gasteiger partial charge in [0.25, 0.3) is 0 Å². The molecule has 1 aromatic rings. The van der Waals surface area contributed by atoms with Crippen molar-refractivity contribution in [1.29, 1.82) is 0 Å². The van der Waals surface area contributed by atoms with Crippen LogP contribution in [0.2, 0.25) is 0 Å². The smallest absolute Gasteiger partial charge is 0.106 e. The average molecular weight is 263 g/mol. The second-order valence-electron chi connectivity index (χ2n) is 5.04. The molecule has 3 heteroatoms. The Kier molecular flexibility index (Phi) is 8.07. The fourth-order valence-corrected chi connectivity index (χ4v) is 2.55. The Bertz CT molecular complexity index is 366. The van der Waals surface area contributed by atoms with Gasteiger partial charge >= 0.3 is 0 Å². The van der Waals surface area contributed by atoms with E-state index in [1.165, 1.54) is 18.4 Å². The molecule has 0 fully saturated rings. The van der Waals surface area contributed by atoms with E-state index in [0.29, 0.717) is 5.92 Å². The molecule has 0 heterocycles. The Balaban J connectivity index is 2.78. The lowest BCUT2D eigenvalue weighted by Crippen LogP contribution is -2.04. The Morgan fingerprint density at radius 3 is 2.58 bits per heavy atom. The highest BCUT2D eigenvalue weighted by atomic mass is 16.3. The lowest BCUT2D eigenvalue weighted by molar-refractivity contribution is 0.280. The van der Waals surface area contributed by atoms with Crippen LogP contribution in [0.25, 0.3) is 0 Å². The van der Waals surface area contributed by atoms with Gasteiger partial charge in [0.2, 0.25) is 0 Å². The van der Waals surface area contributed by atoms with Crippen molar-refractivity contribution >= 4 is 0 Å². The lowest BCUT2D eigenvalue weighted by atomic mass is 9.86. The van der Waals surface area contributed by atoms with Crippen LogP contribution in [0, 0.1) is 4.91 Å². The van der Waals surface area contributed by atoms with E-state index < -0.39 is 0 Å². The Labute approximate surface area is 116 Å². The van der Waals surface area contributed by atoms with Crippen molar-refractivity contribution in [3.63, 3.8) is 0 Å². The molecule has 0 aliphatic heterocycles. The zero-order valence-electron chi connectivity index (χ0n) is 11.8. The summed E-state index contributed by atoms with van der Waals surface area (Å²) >= 11 is 0. The summed E-state index contributed by atoms with van der Waals surface area (Å²) in [6.45, 7) is 2.72. The van der Waals surface area contributed by atoms with E-state index in [0.717, 1.165) is 31.2 Å². The van der Waals surface area contributed by atoms with E-state index in [2.05, 4.69) is 18.2 Å². The zero-order chi connectivity index (χ0) is 13.9. The summed E-state index contributed by atoms with van der Waals surface area (Å²) < 4.78 is 0. The molecule has 1 atom stereocenters. The van der Waals surface area contributed by atoms with Crippen molar-refractivity contribution in [2.75, 3.05) is 6.61 Å². The van der Waals surface area contributed by atoms with Crippen LogP contribution in [0.5, 0.6) is 0 Å². The second kappa shape index (κ2) is 9.68. The number of hydrogen-bond donors (Lipinski definition) is 1. The number of benzene rings is 1. The first-order valence-electron chi connectivity index (χ1n) is 7.31. The lowest BCUT2D eigenvalue weighted by Gasteiger charge is -2.19. The first-order chi connectivity index (χ1) is 9.33. The standard InChI is InChI=1S/C16H25NO2/c1-2-3-8-14(9-6-7-12-18)16-11-5-4-10-15(16)13-17-19/h4-5,10-11,14,18H,2-3,6-9,12-13H2,1H3. The normalized spacial score (nSPS) is 12.3. The molecule has 1 aromatic carbocycles. The third kappa shape index (κ3) is 5.52. The van der Waals surface area contributed by atoms with Crippen LogP contribution < -0.4 is 0 Å². The van der Waals surface area contributed by atoms with E-state index >= 15 is 0 Å². The van der Waals surface area contributed by atoms with Crippen LogP contribution in [0.3, 0.4) is 0 Å². The first kappa shape index (κ1) is 15.8. The van der Waals surface area contributed by atoms with Crippen molar-refractivity contribution in [3.8, 4) is 0 Å². The minimum Gasteiger partial charge on any atom is -0.396 e. The van der Waals surface area contributed by atoms with Gasteiger partial charge in [-0.05, 0) is 36.3 Å². The van der Waals surface area contributed by atoms with E-state index in [1.807, 2.05) is 18.2 Å². The predicted molar refractivity (Wildman–Crippen MR) is 79.1 cm³/mol. The molecule has 0 bridgehead atoms. The average Bonchev–Trinajstić information content (AvgIpc) is 2.44. The molecule has 1 rings (SSSR count). The molecule has 0 saturated carbocycles. The summed E-state index contributed by atoms with van der Waals surface area (Å²) in [5.41, 5.74) is 2.33. The van der Waals surface area contributed by atoms with Crippen molar-refractivity contribution in [2.45, 2.75) is 57.9 Å². The molecule has 1 N–H and O–H groups in total. The Morgan fingerprint density at radius 2 is 1.89 bits per heavy atom. The number of aliphatic hydroxyl groups is 1. The van der Waals surface area contributed by atoms with Crippen molar-refractivity contribution in [3.05, 3.63) is 40.3 Å². The third-order valence-corrected chi connectivity index (χ3v) is 3.60. The molecular formula is C16H25NO2. The van der Waals surface area contributed by atoms with Crippen molar-refractivity contribution in [2.24, 2.45) is 5.18 Å². The molecule has 0 aliphatic rings. The van der Waals surface area contributed by atoms with Crippen molar-refractivity contribution < 1.29 is 5.11 Å². The highest BCUT2D eigenvalue weighted by molar-refractivity contribution is 5.30. The number of nitroso groups, excluding NO2 is 1. The second-order valence-corrected chi connectivity index (χ2v) is 5.04. The topological polar surface area (TPSA) is 49.7 Å². The fraction of sp³-hybridized carbons (Fsp3) is 0.625. The van der Waals surface area contributed by atoms with Gasteiger partial charge in [-0.2, -0.15) is 4.91 Å². The van der Waals surface area contributed by atoms with Gasteiger partial charge in [0.15, 0.2) is 0 Å². The molecule has 1 unspecified atom stereocenters. The molecule has 106 valence electrons. The summed E-state index contributed by atoms with van der Waals surface area (Å²) in [5, 5.41) is 11.9. The maximum absolute atomic E-state index is 10.5. The minimum absolute atomic E-state index is 0.262. The molecule has 3 nitrogen and oxygen atoms in total. The van der Waals surface area contributed by atoms with E-state index in [-0.39, 0.29) is 13.2 Å². The van der Waals surface area contributed by atoms with Gasteiger partial charge in [-0.1, -0.05) is 55.6 Å². The number of aliphatic hydroxyl groups excluding tert-OH is 1. The molecular weight excluding hydrogens is 238 g/mol. The number of nitrogens with zero attached hydrogens (tertiary/aromatic N) is 1. The fourth-order valence-electron chi connectivity index (χ4n) is 2.55. The van der Waals surface area contributed by atoms with E-state index in [9.17, 15) is 4.91 Å². The highest BCUT2D eigenvalue weighted by Gasteiger charge is 2.14. The minimum atomic E-state index is 0.262. The molecule has 0 spiro atoms. The predicted octanol–water partition coefficient (Wildman–Crippen LogP) is 4.39. The number of hydrogen-bond acceptors (Lipinski definition) is 3. The van der Waals surface area contributed by atoms with Crippen LogP contribution in [0.4, 0.5) is 0 Å². The van der Waals surface area contributed by atoms with Gasteiger partial charge in [-0.3, -0.25) is 0 Å². The summed E-state index contributed by atoms with van der Waals surface area (Å²) in [6.07, 6.45) is 6.51. The number of unbranched alkanes of at least 4 members (excludes halogenated alkanes) is 2. The van der Waals surface area contributed by atoms with Gasteiger partial charge in [-0.15, -0.1) is 0 Å². The molecule has 0 amide bonds. The summed E-state index contributed by atoms with van der Waals surface area (Å²) in [4.78, 5) is 10.5. The number of rotatable bonds is 10. The van der Waals surface area contributed by atoms with Gasteiger partial charge < -0.3 is 5.11 Å². The summed E-state index contributed by atoms with van der Waals surface area (Å²) in [6, 6.07) is 8.13. The van der Waals surface area contributed by atoms with Gasteiger partial charge in [0.05, 0.1) is 0 Å². The SMILES string of the molecule is CCCCC(CCCCO)c1ccccc1CN=O. The van der Waals surface area contributed by atoms with Crippen LogP contribution >= 0.6 is 0 Å². The molecule has 0 radical (unpaired) electrons. The molecule has 0 saturated heterocycles. The maximum atomic E-state index is 10.5. The van der Waals surface area contributed by atoms with Crippen LogP contribution in [-0.2, 0) is 6.54 Å². The summed E-state index contributed by atoms with van der Waals surface area (Å²) in [5.74, 6) is 0.490. The van der Waals surface area contributed by atoms with E-state index in [4.69, 9.17) is 5.11 Å². The molecule has 0 aromatic heterocycles. The van der Waals surface area contributed by atoms with E-state index in [1.54, 1.807) is 0 Å². The Hall–Kier alpha value is -1.22. The maximum Gasteiger partial charge on any atom is 0.106 e. The largest absolute Gasteiger partial charge is 0.396 e. The first-order valence-corrected chi connectivity index (χ1v) is 7.31. The van der Waals surface area contributed by atoms with Gasteiger partial charge in [-0.25, -0.2) is 0 Å². The molecule has 0 aliphatic carbocycles. The van der Waals surface area contributed by atoms with Crippen LogP contribution in [0.1, 0.15) is 62.5 Å². The van der Waals surface area contributed by atoms with Gasteiger partial charge in [0, 0.05) is 6.61 Å². The third-order valence-electron chi connectivity index (χ3n) is 3.60. The van der Waals surface area contributed by atoms with Gasteiger partial charge in [0.1, 0.15) is 6.54 Å². The highest BCUT2D eigenvalue weighted by Crippen LogP contribution is 2.30. The summed E-state index contributed by atoms with van der Waals surface area (Å²) in [7, 11) is 0. The zero-order valence-corrected chi connectivity index (χ0v) is 11.8. The van der Waals surface area contributed by atoms with Crippen LogP contribution in [0.15, 0.2) is 29.4 Å². The quantitative estimate of drug-likeness (QED) is 0.502. The van der Waals surface area contributed by atoms with Crippen molar-refractivity contribution in [1.82, 2.24) is 0 Å². The monoisotopic (exact) mass is 263 g/mol. The molecule has 19 heavy (non-hydrogen) atoms.